The third kappa shape index (κ3) is 4.80. The Morgan fingerprint density at radius 3 is 2.50 bits per heavy atom. The molecule has 0 aromatic heterocycles. The van der Waals surface area contributed by atoms with Gasteiger partial charge in [-0.25, -0.2) is 0 Å². The van der Waals surface area contributed by atoms with Crippen LogP contribution in [0.3, 0.4) is 0 Å². The smallest absolute Gasteiger partial charge is 0.0186 e. The number of rotatable bonds is 4. The molecule has 0 aliphatic heterocycles. The molecule has 0 aliphatic rings. The molecule has 0 heterocycles. The van der Waals surface area contributed by atoms with Gasteiger partial charge in [-0.1, -0.05) is 58.7 Å². The summed E-state index contributed by atoms with van der Waals surface area (Å²) in [6.07, 6.45) is 0. The Hall–Kier alpha value is 0.530. The van der Waals surface area contributed by atoms with Gasteiger partial charge in [0, 0.05) is 20.5 Å². The fourth-order valence-corrected chi connectivity index (χ4v) is 4.73. The van der Waals surface area contributed by atoms with E-state index in [2.05, 4.69) is 76.9 Å². The normalized spacial score (nSPS) is 13.8. The molecule has 1 aromatic carbocycles. The molecular formula is C13H18Br2S. The lowest BCUT2D eigenvalue weighted by atomic mass is 9.83. The first kappa shape index (κ1) is 14.6. The van der Waals surface area contributed by atoms with Crippen LogP contribution in [0.2, 0.25) is 0 Å². The molecule has 0 spiro atoms. The first-order valence-electron chi connectivity index (χ1n) is 5.38. The molecule has 0 saturated heterocycles. The van der Waals surface area contributed by atoms with Gasteiger partial charge in [-0.2, -0.15) is 0 Å². The van der Waals surface area contributed by atoms with Gasteiger partial charge in [-0.05, 0) is 29.5 Å². The van der Waals surface area contributed by atoms with Crippen LogP contribution >= 0.6 is 43.6 Å². The molecule has 1 atom stereocenters. The Morgan fingerprint density at radius 1 is 1.31 bits per heavy atom. The van der Waals surface area contributed by atoms with E-state index in [4.69, 9.17) is 0 Å². The Bertz CT molecular complexity index is 331. The quantitative estimate of drug-likeness (QED) is 0.494. The van der Waals surface area contributed by atoms with E-state index in [9.17, 15) is 0 Å². The fourth-order valence-electron chi connectivity index (χ4n) is 1.28. The van der Waals surface area contributed by atoms with Gasteiger partial charge in [-0.15, -0.1) is 11.8 Å². The Balaban J connectivity index is 2.56. The van der Waals surface area contributed by atoms with E-state index >= 15 is 0 Å². The molecule has 0 bridgehead atoms. The maximum Gasteiger partial charge on any atom is 0.0186 e. The molecule has 0 radical (unpaired) electrons. The molecule has 16 heavy (non-hydrogen) atoms. The largest absolute Gasteiger partial charge is 0.126 e. The Morgan fingerprint density at radius 2 is 2.00 bits per heavy atom. The Kier molecular flexibility index (Phi) is 5.89. The first-order chi connectivity index (χ1) is 7.43. The third-order valence-corrected chi connectivity index (χ3v) is 5.09. The van der Waals surface area contributed by atoms with Gasteiger partial charge in [0.15, 0.2) is 0 Å². The van der Waals surface area contributed by atoms with E-state index in [-0.39, 0.29) is 0 Å². The van der Waals surface area contributed by atoms with Gasteiger partial charge in [0.2, 0.25) is 0 Å². The molecule has 0 saturated carbocycles. The van der Waals surface area contributed by atoms with E-state index in [0.29, 0.717) is 11.3 Å². The average molecular weight is 366 g/mol. The molecule has 3 heteroatoms. The highest BCUT2D eigenvalue weighted by Gasteiger charge is 2.23. The van der Waals surface area contributed by atoms with E-state index in [1.807, 2.05) is 11.8 Å². The maximum atomic E-state index is 3.62. The van der Waals surface area contributed by atoms with Crippen LogP contribution in [0.4, 0.5) is 0 Å². The van der Waals surface area contributed by atoms with Gasteiger partial charge >= 0.3 is 0 Å². The highest BCUT2D eigenvalue weighted by Crippen LogP contribution is 2.33. The summed E-state index contributed by atoms with van der Waals surface area (Å²) in [4.78, 5) is 1.34. The van der Waals surface area contributed by atoms with Gasteiger partial charge < -0.3 is 0 Å². The van der Waals surface area contributed by atoms with Crippen LogP contribution in [0.15, 0.2) is 33.6 Å². The van der Waals surface area contributed by atoms with Crippen molar-refractivity contribution in [3.8, 4) is 0 Å². The highest BCUT2D eigenvalue weighted by molar-refractivity contribution is 9.10. The summed E-state index contributed by atoms with van der Waals surface area (Å²) in [5.41, 5.74) is 0.364. The topological polar surface area (TPSA) is 0 Å². The van der Waals surface area contributed by atoms with Crippen molar-refractivity contribution in [1.82, 2.24) is 0 Å². The number of thioether (sulfide) groups is 1. The lowest BCUT2D eigenvalue weighted by molar-refractivity contribution is 0.295. The predicted molar refractivity (Wildman–Crippen MR) is 81.6 cm³/mol. The van der Waals surface area contributed by atoms with E-state index in [0.717, 1.165) is 15.6 Å². The molecule has 0 aliphatic carbocycles. The number of hydrogen-bond donors (Lipinski definition) is 0. The van der Waals surface area contributed by atoms with Gasteiger partial charge in [0.1, 0.15) is 0 Å². The molecule has 0 amide bonds. The van der Waals surface area contributed by atoms with E-state index in [1.54, 1.807) is 0 Å². The number of halogens is 2. The number of alkyl halides is 1. The summed E-state index contributed by atoms with van der Waals surface area (Å²) in [5.74, 6) is 1.85. The minimum absolute atomic E-state index is 0.364. The van der Waals surface area contributed by atoms with Crippen molar-refractivity contribution in [2.75, 3.05) is 11.1 Å². The molecule has 0 N–H and O–H groups in total. The van der Waals surface area contributed by atoms with Crippen LogP contribution in [0.25, 0.3) is 0 Å². The molecule has 0 nitrogen and oxygen atoms in total. The fraction of sp³-hybridized carbons (Fsp3) is 0.538. The van der Waals surface area contributed by atoms with E-state index in [1.165, 1.54) is 4.90 Å². The van der Waals surface area contributed by atoms with Crippen molar-refractivity contribution in [2.45, 2.75) is 25.7 Å². The summed E-state index contributed by atoms with van der Waals surface area (Å²) in [7, 11) is 0. The van der Waals surface area contributed by atoms with Crippen molar-refractivity contribution in [2.24, 2.45) is 11.3 Å². The summed E-state index contributed by atoms with van der Waals surface area (Å²) < 4.78 is 1.16. The summed E-state index contributed by atoms with van der Waals surface area (Å²) >= 11 is 9.05. The van der Waals surface area contributed by atoms with Crippen LogP contribution in [-0.4, -0.2) is 11.1 Å². The second-order valence-corrected chi connectivity index (χ2v) is 7.64. The zero-order chi connectivity index (χ0) is 12.2. The van der Waals surface area contributed by atoms with Crippen molar-refractivity contribution < 1.29 is 0 Å². The van der Waals surface area contributed by atoms with Crippen LogP contribution in [0.5, 0.6) is 0 Å². The van der Waals surface area contributed by atoms with Crippen molar-refractivity contribution in [1.29, 1.82) is 0 Å². The second-order valence-electron chi connectivity index (χ2n) is 4.99. The summed E-state index contributed by atoms with van der Waals surface area (Å²) in [5, 5.41) is 1.07. The minimum atomic E-state index is 0.364. The molecule has 1 aromatic rings. The lowest BCUT2D eigenvalue weighted by Crippen LogP contribution is -2.23. The lowest BCUT2D eigenvalue weighted by Gasteiger charge is -2.28. The third-order valence-electron chi connectivity index (χ3n) is 2.66. The summed E-state index contributed by atoms with van der Waals surface area (Å²) in [6.45, 7) is 6.92. The number of benzene rings is 1. The summed E-state index contributed by atoms with van der Waals surface area (Å²) in [6, 6.07) is 8.50. The van der Waals surface area contributed by atoms with Crippen LogP contribution in [-0.2, 0) is 0 Å². The molecule has 1 rings (SSSR count). The van der Waals surface area contributed by atoms with Gasteiger partial charge in [-0.3, -0.25) is 0 Å². The minimum Gasteiger partial charge on any atom is -0.126 e. The molecule has 90 valence electrons. The van der Waals surface area contributed by atoms with Gasteiger partial charge in [0.05, 0.1) is 0 Å². The molecule has 0 fully saturated rings. The van der Waals surface area contributed by atoms with Crippen LogP contribution in [0.1, 0.15) is 20.8 Å². The van der Waals surface area contributed by atoms with Crippen LogP contribution < -0.4 is 0 Å². The van der Waals surface area contributed by atoms with Crippen molar-refractivity contribution >= 4 is 43.6 Å². The molecule has 1 unspecified atom stereocenters. The average Bonchev–Trinajstić information content (AvgIpc) is 2.16. The standard InChI is InChI=1S/C13H18Br2S/c1-13(2,3)10(8-14)9-16-12-6-4-5-11(15)7-12/h4-7,10H,8-9H2,1-3H3. The highest BCUT2D eigenvalue weighted by atomic mass is 79.9. The monoisotopic (exact) mass is 364 g/mol. The SMILES string of the molecule is CC(C)(C)C(CBr)CSc1cccc(Br)c1. The number of hydrogen-bond acceptors (Lipinski definition) is 1. The maximum absolute atomic E-state index is 3.62. The Labute approximate surface area is 120 Å². The van der Waals surface area contributed by atoms with Crippen molar-refractivity contribution in [3.05, 3.63) is 28.7 Å². The van der Waals surface area contributed by atoms with Crippen LogP contribution in [0, 0.1) is 11.3 Å². The van der Waals surface area contributed by atoms with E-state index < -0.39 is 0 Å². The van der Waals surface area contributed by atoms with Crippen molar-refractivity contribution in [3.63, 3.8) is 0 Å². The zero-order valence-electron chi connectivity index (χ0n) is 9.97. The van der Waals surface area contributed by atoms with Gasteiger partial charge in [0.25, 0.3) is 0 Å². The zero-order valence-corrected chi connectivity index (χ0v) is 14.0. The second kappa shape index (κ2) is 6.46. The first-order valence-corrected chi connectivity index (χ1v) is 8.28. The predicted octanol–water partition coefficient (Wildman–Crippen LogP) is 5.60. The molecular weight excluding hydrogens is 348 g/mol.